The molecule has 2 aromatic heterocycles. The van der Waals surface area contributed by atoms with Crippen LogP contribution in [0.3, 0.4) is 0 Å². The van der Waals surface area contributed by atoms with Crippen molar-refractivity contribution in [2.75, 3.05) is 0 Å². The SMILES string of the molecule is CCCn1c(=O)c2ccc(Cl)cc2n2c(=O)n(CC(=O)c3ccccc3)nc12. The minimum absolute atomic E-state index is 0.201. The third kappa shape index (κ3) is 2.93. The molecule has 0 amide bonds. The third-order valence-electron chi connectivity index (χ3n) is 4.58. The van der Waals surface area contributed by atoms with E-state index in [1.807, 2.05) is 13.0 Å². The molecule has 2 aromatic carbocycles. The molecule has 0 fully saturated rings. The second-order valence-corrected chi connectivity index (χ2v) is 6.92. The molecule has 0 bridgehead atoms. The molecule has 28 heavy (non-hydrogen) atoms. The summed E-state index contributed by atoms with van der Waals surface area (Å²) >= 11 is 6.09. The molecular weight excluding hydrogens is 380 g/mol. The molecule has 0 spiro atoms. The summed E-state index contributed by atoms with van der Waals surface area (Å²) in [6.45, 7) is 2.12. The molecule has 0 aliphatic rings. The number of ketones is 1. The van der Waals surface area contributed by atoms with E-state index in [4.69, 9.17) is 11.6 Å². The fourth-order valence-electron chi connectivity index (χ4n) is 3.27. The van der Waals surface area contributed by atoms with Crippen molar-refractivity contribution in [2.45, 2.75) is 26.4 Å². The molecule has 142 valence electrons. The first-order chi connectivity index (χ1) is 13.5. The minimum atomic E-state index is -0.489. The summed E-state index contributed by atoms with van der Waals surface area (Å²) in [6, 6.07) is 13.5. The zero-order chi connectivity index (χ0) is 19.8. The summed E-state index contributed by atoms with van der Waals surface area (Å²) in [4.78, 5) is 38.5. The molecular formula is C20H17ClN4O3. The average molecular weight is 397 g/mol. The van der Waals surface area contributed by atoms with Crippen LogP contribution in [0, 0.1) is 0 Å². The number of benzene rings is 2. The van der Waals surface area contributed by atoms with Crippen LogP contribution in [0.2, 0.25) is 5.02 Å². The number of Topliss-reactive ketones (excluding diaryl/α,β-unsaturated/α-hetero) is 1. The first kappa shape index (κ1) is 18.2. The van der Waals surface area contributed by atoms with Crippen molar-refractivity contribution >= 4 is 34.1 Å². The Morgan fingerprint density at radius 1 is 1.11 bits per heavy atom. The van der Waals surface area contributed by atoms with Gasteiger partial charge in [-0.1, -0.05) is 48.9 Å². The summed E-state index contributed by atoms with van der Waals surface area (Å²) in [7, 11) is 0. The number of aromatic nitrogens is 4. The highest BCUT2D eigenvalue weighted by Gasteiger charge is 2.19. The maximum absolute atomic E-state index is 13.0. The van der Waals surface area contributed by atoms with E-state index in [0.717, 1.165) is 4.68 Å². The van der Waals surface area contributed by atoms with Crippen LogP contribution in [-0.2, 0) is 13.1 Å². The Hall–Kier alpha value is -3.19. The standard InChI is InChI=1S/C20H17ClN4O3/c1-2-10-23-18(27)15-9-8-14(21)11-16(15)25-19(23)22-24(20(25)28)12-17(26)13-6-4-3-5-7-13/h3-9,11H,2,10,12H2,1H3. The van der Waals surface area contributed by atoms with Crippen molar-refractivity contribution in [3.63, 3.8) is 0 Å². The molecule has 0 aliphatic heterocycles. The van der Waals surface area contributed by atoms with E-state index in [2.05, 4.69) is 5.10 Å². The fourth-order valence-corrected chi connectivity index (χ4v) is 3.43. The molecule has 4 aromatic rings. The van der Waals surface area contributed by atoms with E-state index < -0.39 is 5.69 Å². The Morgan fingerprint density at radius 3 is 2.57 bits per heavy atom. The van der Waals surface area contributed by atoms with Crippen LogP contribution in [0.15, 0.2) is 58.1 Å². The van der Waals surface area contributed by atoms with Crippen LogP contribution >= 0.6 is 11.6 Å². The van der Waals surface area contributed by atoms with Crippen molar-refractivity contribution in [2.24, 2.45) is 0 Å². The fraction of sp³-hybridized carbons (Fsp3) is 0.200. The van der Waals surface area contributed by atoms with Gasteiger partial charge >= 0.3 is 5.69 Å². The Labute approximate surface area is 164 Å². The number of nitrogens with zero attached hydrogens (tertiary/aromatic N) is 4. The molecule has 0 radical (unpaired) electrons. The first-order valence-electron chi connectivity index (χ1n) is 8.91. The van der Waals surface area contributed by atoms with Gasteiger partial charge in [0.15, 0.2) is 5.78 Å². The van der Waals surface area contributed by atoms with E-state index in [-0.39, 0.29) is 23.7 Å². The molecule has 0 atom stereocenters. The van der Waals surface area contributed by atoms with Crippen LogP contribution in [0.5, 0.6) is 0 Å². The largest absolute Gasteiger partial charge is 0.352 e. The number of fused-ring (bicyclic) bond motifs is 3. The lowest BCUT2D eigenvalue weighted by atomic mass is 10.1. The van der Waals surface area contributed by atoms with Crippen LogP contribution < -0.4 is 11.2 Å². The molecule has 8 heteroatoms. The summed E-state index contributed by atoms with van der Waals surface area (Å²) in [5.41, 5.74) is 0.137. The molecule has 0 saturated carbocycles. The molecule has 0 saturated heterocycles. The van der Waals surface area contributed by atoms with Crippen LogP contribution in [0.25, 0.3) is 16.7 Å². The predicted molar refractivity (Wildman–Crippen MR) is 107 cm³/mol. The van der Waals surface area contributed by atoms with E-state index in [0.29, 0.717) is 34.5 Å². The monoisotopic (exact) mass is 396 g/mol. The van der Waals surface area contributed by atoms with E-state index in [9.17, 15) is 14.4 Å². The Kier molecular flexibility index (Phi) is 4.60. The number of carbonyl (C=O) groups is 1. The maximum Gasteiger partial charge on any atom is 0.352 e. The lowest BCUT2D eigenvalue weighted by Gasteiger charge is -2.08. The molecule has 0 unspecified atom stereocenters. The van der Waals surface area contributed by atoms with Gasteiger partial charge in [-0.3, -0.25) is 14.2 Å². The summed E-state index contributed by atoms with van der Waals surface area (Å²) in [5, 5.41) is 5.08. The second-order valence-electron chi connectivity index (χ2n) is 6.48. The van der Waals surface area contributed by atoms with Gasteiger partial charge in [0.1, 0.15) is 6.54 Å². The van der Waals surface area contributed by atoms with Gasteiger partial charge in [-0.05, 0) is 24.6 Å². The zero-order valence-electron chi connectivity index (χ0n) is 15.1. The normalized spacial score (nSPS) is 11.4. The molecule has 7 nitrogen and oxygen atoms in total. The van der Waals surface area contributed by atoms with Crippen molar-refractivity contribution in [1.29, 1.82) is 0 Å². The number of aryl methyl sites for hydroxylation is 1. The number of carbonyl (C=O) groups excluding carboxylic acids is 1. The van der Waals surface area contributed by atoms with Gasteiger partial charge in [-0.2, -0.15) is 0 Å². The Bertz CT molecular complexity index is 1320. The minimum Gasteiger partial charge on any atom is -0.292 e. The van der Waals surface area contributed by atoms with Crippen molar-refractivity contribution in [3.05, 3.63) is 80.0 Å². The third-order valence-corrected chi connectivity index (χ3v) is 4.81. The first-order valence-corrected chi connectivity index (χ1v) is 9.29. The van der Waals surface area contributed by atoms with E-state index >= 15 is 0 Å². The zero-order valence-corrected chi connectivity index (χ0v) is 15.9. The number of rotatable bonds is 5. The van der Waals surface area contributed by atoms with Gasteiger partial charge < -0.3 is 0 Å². The molecule has 0 aliphatic carbocycles. The van der Waals surface area contributed by atoms with E-state index in [1.54, 1.807) is 42.5 Å². The number of hydrogen-bond donors (Lipinski definition) is 0. The highest BCUT2D eigenvalue weighted by Crippen LogP contribution is 2.17. The second kappa shape index (κ2) is 7.09. The van der Waals surface area contributed by atoms with Gasteiger partial charge in [0.2, 0.25) is 5.78 Å². The van der Waals surface area contributed by atoms with Gasteiger partial charge in [0.25, 0.3) is 5.56 Å². The van der Waals surface area contributed by atoms with Crippen LogP contribution in [0.1, 0.15) is 23.7 Å². The quantitative estimate of drug-likeness (QED) is 0.486. The number of hydrogen-bond acceptors (Lipinski definition) is 4. The summed E-state index contributed by atoms with van der Waals surface area (Å²) in [6.07, 6.45) is 0.693. The van der Waals surface area contributed by atoms with Crippen molar-refractivity contribution in [1.82, 2.24) is 18.7 Å². The van der Waals surface area contributed by atoms with Gasteiger partial charge in [-0.15, -0.1) is 5.10 Å². The maximum atomic E-state index is 13.0. The van der Waals surface area contributed by atoms with Gasteiger partial charge in [-0.25, -0.2) is 13.9 Å². The highest BCUT2D eigenvalue weighted by atomic mass is 35.5. The molecule has 2 heterocycles. The average Bonchev–Trinajstić information content (AvgIpc) is 3.02. The molecule has 0 N–H and O–H groups in total. The summed E-state index contributed by atoms with van der Waals surface area (Å²) < 4.78 is 3.90. The smallest absolute Gasteiger partial charge is 0.292 e. The van der Waals surface area contributed by atoms with Crippen LogP contribution in [-0.4, -0.2) is 24.5 Å². The Morgan fingerprint density at radius 2 is 1.86 bits per heavy atom. The van der Waals surface area contributed by atoms with Crippen LogP contribution in [0.4, 0.5) is 0 Å². The highest BCUT2D eigenvalue weighted by molar-refractivity contribution is 6.31. The number of halogens is 1. The van der Waals surface area contributed by atoms with E-state index in [1.165, 1.54) is 8.97 Å². The molecule has 4 rings (SSSR count). The lowest BCUT2D eigenvalue weighted by Crippen LogP contribution is -2.27. The van der Waals surface area contributed by atoms with Crippen molar-refractivity contribution in [3.8, 4) is 0 Å². The lowest BCUT2D eigenvalue weighted by molar-refractivity contribution is 0.0966. The topological polar surface area (TPSA) is 78.4 Å². The summed E-state index contributed by atoms with van der Waals surface area (Å²) in [5.74, 6) is -0.0367. The van der Waals surface area contributed by atoms with Gasteiger partial charge in [0.05, 0.1) is 10.9 Å². The van der Waals surface area contributed by atoms with Crippen molar-refractivity contribution < 1.29 is 4.79 Å². The predicted octanol–water partition coefficient (Wildman–Crippen LogP) is 2.76. The van der Waals surface area contributed by atoms with Gasteiger partial charge in [0, 0.05) is 17.1 Å². The Balaban J connectivity index is 1.97.